The summed E-state index contributed by atoms with van der Waals surface area (Å²) in [5, 5.41) is 19.4. The maximum Gasteiger partial charge on any atom is 0.182 e. The zero-order valence-corrected chi connectivity index (χ0v) is 13.1. The first-order valence-electron chi connectivity index (χ1n) is 7.92. The lowest BCUT2D eigenvalue weighted by Gasteiger charge is -2.28. The smallest absolute Gasteiger partial charge is 0.182 e. The van der Waals surface area contributed by atoms with Crippen LogP contribution < -0.4 is 4.74 Å². The topological polar surface area (TPSA) is 52.7 Å². The molecule has 23 heavy (non-hydrogen) atoms. The molecule has 2 N–H and O–H groups in total. The Kier molecular flexibility index (Phi) is 3.34. The Labute approximate surface area is 135 Å². The van der Waals surface area contributed by atoms with E-state index in [0.717, 1.165) is 36.1 Å². The summed E-state index contributed by atoms with van der Waals surface area (Å²) in [4.78, 5) is 0. The van der Waals surface area contributed by atoms with Crippen molar-refractivity contribution in [2.75, 3.05) is 13.7 Å². The number of methoxy groups -OCH3 is 1. The number of ether oxygens (including phenoxy) is 1. The number of aromatic hydroxyl groups is 1. The summed E-state index contributed by atoms with van der Waals surface area (Å²) >= 11 is 0. The molecule has 2 aromatic rings. The molecule has 0 saturated heterocycles. The molecule has 4 heteroatoms. The summed E-state index contributed by atoms with van der Waals surface area (Å²) in [6.07, 6.45) is 4.03. The second-order valence-corrected chi connectivity index (χ2v) is 6.25. The van der Waals surface area contributed by atoms with Gasteiger partial charge in [0.25, 0.3) is 0 Å². The van der Waals surface area contributed by atoms with E-state index in [1.54, 1.807) is 7.11 Å². The summed E-state index contributed by atoms with van der Waals surface area (Å²) in [7, 11) is 1.57. The lowest BCUT2D eigenvalue weighted by Crippen LogP contribution is -2.33. The van der Waals surface area contributed by atoms with Gasteiger partial charge in [0.1, 0.15) is 6.54 Å². The van der Waals surface area contributed by atoms with Crippen molar-refractivity contribution in [3.8, 4) is 11.5 Å². The molecule has 1 atom stereocenters. The van der Waals surface area contributed by atoms with E-state index in [0.29, 0.717) is 11.8 Å². The summed E-state index contributed by atoms with van der Waals surface area (Å²) < 4.78 is 7.59. The second kappa shape index (κ2) is 5.39. The predicted octanol–water partition coefficient (Wildman–Crippen LogP) is 2.18. The average Bonchev–Trinajstić information content (AvgIpc) is 2.59. The minimum Gasteiger partial charge on any atom is -0.504 e. The minimum atomic E-state index is 0.0876. The van der Waals surface area contributed by atoms with Crippen LogP contribution in [0.3, 0.4) is 0 Å². The molecular formula is C19H20NO3+. The Balaban J connectivity index is 1.78. The van der Waals surface area contributed by atoms with Crippen molar-refractivity contribution in [1.82, 2.24) is 0 Å². The van der Waals surface area contributed by atoms with Crippen molar-refractivity contribution >= 4 is 6.21 Å². The number of hydrogen-bond acceptors (Lipinski definition) is 3. The monoisotopic (exact) mass is 310 g/mol. The van der Waals surface area contributed by atoms with Gasteiger partial charge in [0, 0.05) is 24.0 Å². The Bertz CT molecular complexity index is 811. The fourth-order valence-corrected chi connectivity index (χ4v) is 3.74. The van der Waals surface area contributed by atoms with E-state index >= 15 is 0 Å². The number of nitrogens with zero attached hydrogens (tertiary/aromatic N) is 1. The van der Waals surface area contributed by atoms with Crippen LogP contribution in [0.1, 0.15) is 33.9 Å². The van der Waals surface area contributed by atoms with Gasteiger partial charge in [-0.2, -0.15) is 0 Å². The van der Waals surface area contributed by atoms with Crippen LogP contribution in [-0.4, -0.2) is 34.7 Å². The molecule has 4 rings (SSSR count). The van der Waals surface area contributed by atoms with Gasteiger partial charge in [0.15, 0.2) is 23.8 Å². The van der Waals surface area contributed by atoms with E-state index in [-0.39, 0.29) is 12.4 Å². The largest absolute Gasteiger partial charge is 0.504 e. The van der Waals surface area contributed by atoms with E-state index in [1.165, 1.54) is 11.1 Å². The quantitative estimate of drug-likeness (QED) is 0.836. The summed E-state index contributed by atoms with van der Waals surface area (Å²) in [6.45, 7) is 1.06. The van der Waals surface area contributed by atoms with Crippen LogP contribution in [0.15, 0.2) is 30.3 Å². The number of fused-ring (bicyclic) bond motifs is 4. The number of rotatable bonds is 2. The Morgan fingerprint density at radius 1 is 1.22 bits per heavy atom. The van der Waals surface area contributed by atoms with Crippen LogP contribution in [0.2, 0.25) is 0 Å². The molecule has 4 nitrogen and oxygen atoms in total. The van der Waals surface area contributed by atoms with Crippen LogP contribution >= 0.6 is 0 Å². The lowest BCUT2D eigenvalue weighted by atomic mass is 9.85. The minimum absolute atomic E-state index is 0.0876. The molecule has 118 valence electrons. The highest BCUT2D eigenvalue weighted by atomic mass is 16.5. The SMILES string of the molecule is COc1cc2c(cc1O)CC1c3ccc(CO)cc3CC[N+]1=C2. The zero-order valence-electron chi connectivity index (χ0n) is 13.1. The van der Waals surface area contributed by atoms with Crippen molar-refractivity contribution in [3.63, 3.8) is 0 Å². The van der Waals surface area contributed by atoms with Crippen LogP contribution in [0.4, 0.5) is 0 Å². The maximum atomic E-state index is 10.0. The second-order valence-electron chi connectivity index (χ2n) is 6.25. The van der Waals surface area contributed by atoms with Crippen LogP contribution in [-0.2, 0) is 19.4 Å². The number of benzene rings is 2. The van der Waals surface area contributed by atoms with Gasteiger partial charge < -0.3 is 14.9 Å². The van der Waals surface area contributed by atoms with Gasteiger partial charge in [0.05, 0.1) is 13.7 Å². The molecule has 0 amide bonds. The molecule has 0 fully saturated rings. The van der Waals surface area contributed by atoms with Gasteiger partial charge >= 0.3 is 0 Å². The normalized spacial score (nSPS) is 18.5. The van der Waals surface area contributed by atoms with Crippen molar-refractivity contribution in [2.24, 2.45) is 0 Å². The predicted molar refractivity (Wildman–Crippen MR) is 87.5 cm³/mol. The van der Waals surface area contributed by atoms with E-state index in [1.807, 2.05) is 18.2 Å². The van der Waals surface area contributed by atoms with Crippen molar-refractivity contribution in [3.05, 3.63) is 58.1 Å². The van der Waals surface area contributed by atoms with Gasteiger partial charge in [-0.1, -0.05) is 18.2 Å². The highest BCUT2D eigenvalue weighted by Crippen LogP contribution is 2.37. The fourth-order valence-electron chi connectivity index (χ4n) is 3.74. The molecule has 0 saturated carbocycles. The van der Waals surface area contributed by atoms with Gasteiger partial charge in [-0.3, -0.25) is 0 Å². The summed E-state index contributed by atoms with van der Waals surface area (Å²) in [5.74, 6) is 0.711. The first kappa shape index (κ1) is 14.3. The third-order valence-corrected chi connectivity index (χ3v) is 4.95. The van der Waals surface area contributed by atoms with Crippen molar-refractivity contribution < 1.29 is 19.5 Å². The Morgan fingerprint density at radius 2 is 2.09 bits per heavy atom. The van der Waals surface area contributed by atoms with E-state index in [2.05, 4.69) is 22.9 Å². The molecule has 0 aliphatic carbocycles. The molecule has 0 bridgehead atoms. The molecular weight excluding hydrogens is 290 g/mol. The highest BCUT2D eigenvalue weighted by Gasteiger charge is 2.34. The average molecular weight is 310 g/mol. The van der Waals surface area contributed by atoms with Crippen molar-refractivity contribution in [2.45, 2.75) is 25.5 Å². The number of aliphatic hydroxyl groups excluding tert-OH is 1. The third-order valence-electron chi connectivity index (χ3n) is 4.95. The third kappa shape index (κ3) is 2.30. The van der Waals surface area contributed by atoms with E-state index in [9.17, 15) is 10.2 Å². The molecule has 2 heterocycles. The first-order valence-corrected chi connectivity index (χ1v) is 7.92. The molecule has 0 aromatic heterocycles. The number of phenolic OH excluding ortho intramolecular Hbond substituents is 1. The number of hydrogen-bond donors (Lipinski definition) is 2. The number of phenols is 1. The van der Waals surface area contributed by atoms with E-state index in [4.69, 9.17) is 4.74 Å². The molecule has 2 aliphatic rings. The summed E-state index contributed by atoms with van der Waals surface area (Å²) in [6, 6.07) is 10.3. The zero-order chi connectivity index (χ0) is 16.0. The first-order chi connectivity index (χ1) is 11.2. The van der Waals surface area contributed by atoms with Crippen LogP contribution in [0.5, 0.6) is 11.5 Å². The molecule has 0 radical (unpaired) electrons. The van der Waals surface area contributed by atoms with Gasteiger partial charge in [-0.25, -0.2) is 4.58 Å². The maximum absolute atomic E-state index is 10.0. The van der Waals surface area contributed by atoms with Gasteiger partial charge in [-0.15, -0.1) is 0 Å². The van der Waals surface area contributed by atoms with Crippen LogP contribution in [0.25, 0.3) is 0 Å². The number of aliphatic hydroxyl groups is 1. The lowest BCUT2D eigenvalue weighted by molar-refractivity contribution is -0.573. The molecule has 0 spiro atoms. The molecule has 2 aliphatic heterocycles. The Hall–Kier alpha value is -2.33. The van der Waals surface area contributed by atoms with Crippen molar-refractivity contribution in [1.29, 1.82) is 0 Å². The standard InChI is InChI=1S/C19H19NO3/c1-23-19-9-15-10-20-5-4-13-6-12(11-21)2-3-16(13)17(20)7-14(15)8-18(19)22/h2-3,6,8-10,17,21H,4-5,7,11H2,1H3/p+1. The Morgan fingerprint density at radius 3 is 2.87 bits per heavy atom. The molecule has 1 unspecified atom stereocenters. The van der Waals surface area contributed by atoms with Gasteiger partial charge in [0.2, 0.25) is 0 Å². The van der Waals surface area contributed by atoms with E-state index < -0.39 is 0 Å². The van der Waals surface area contributed by atoms with Gasteiger partial charge in [-0.05, 0) is 28.8 Å². The van der Waals surface area contributed by atoms with Crippen LogP contribution in [0, 0.1) is 0 Å². The highest BCUT2D eigenvalue weighted by molar-refractivity contribution is 5.81. The fraction of sp³-hybridized carbons (Fsp3) is 0.316. The summed E-state index contributed by atoms with van der Waals surface area (Å²) in [5.41, 5.74) is 5.88. The molecule has 2 aromatic carbocycles.